The topological polar surface area (TPSA) is 117 Å². The zero-order valence-corrected chi connectivity index (χ0v) is 12.8. The van der Waals surface area contributed by atoms with E-state index in [1.807, 2.05) is 0 Å². The molecule has 0 aliphatic carbocycles. The molecule has 1 fully saturated rings. The number of carbonyl (C=O) groups excluding carboxylic acids is 2. The smallest absolute Gasteiger partial charge is 0.250 e. The van der Waals surface area contributed by atoms with Crippen molar-refractivity contribution in [3.8, 4) is 5.75 Å². The third-order valence-electron chi connectivity index (χ3n) is 3.67. The van der Waals surface area contributed by atoms with Gasteiger partial charge in [-0.3, -0.25) is 14.9 Å². The highest BCUT2D eigenvalue weighted by molar-refractivity contribution is 6.33. The number of rotatable bonds is 5. The fourth-order valence-electron chi connectivity index (χ4n) is 2.62. The monoisotopic (exact) mass is 338 g/mol. The second kappa shape index (κ2) is 6.05. The molecule has 2 heterocycles. The maximum Gasteiger partial charge on any atom is 0.250 e. The Hall–Kier alpha value is -2.32. The lowest BCUT2D eigenvalue weighted by molar-refractivity contribution is -0.126. The number of primary amides is 1. The number of ether oxygens (including phenoxy) is 1. The standard InChI is InChI=1S/C14H15ClN4O4/c15-12-7-6-19-9(5-11(16)21)13(22)18-14(19)17-8(7)1-2-10(12)23-4-3-20/h1-2,9,20H,3-6H2,(H2,16,21)(H,17,18,22). The molecule has 0 spiro atoms. The highest BCUT2D eigenvalue weighted by Crippen LogP contribution is 2.39. The van der Waals surface area contributed by atoms with E-state index in [4.69, 9.17) is 27.2 Å². The van der Waals surface area contributed by atoms with Gasteiger partial charge in [0.25, 0.3) is 0 Å². The molecule has 0 aromatic heterocycles. The second-order valence-corrected chi connectivity index (χ2v) is 5.56. The first-order valence-electron chi connectivity index (χ1n) is 7.00. The van der Waals surface area contributed by atoms with Crippen molar-refractivity contribution in [2.45, 2.75) is 19.0 Å². The predicted octanol–water partition coefficient (Wildman–Crippen LogP) is -0.112. The number of carbonyl (C=O) groups is 2. The van der Waals surface area contributed by atoms with Crippen LogP contribution in [0.4, 0.5) is 5.69 Å². The predicted molar refractivity (Wildman–Crippen MR) is 82.4 cm³/mol. The minimum atomic E-state index is -0.697. The van der Waals surface area contributed by atoms with Crippen molar-refractivity contribution in [3.05, 3.63) is 22.7 Å². The van der Waals surface area contributed by atoms with E-state index >= 15 is 0 Å². The Kier molecular flexibility index (Phi) is 4.10. The lowest BCUT2D eigenvalue weighted by Gasteiger charge is -2.28. The van der Waals surface area contributed by atoms with Gasteiger partial charge in [-0.05, 0) is 12.1 Å². The Labute approximate surface area is 136 Å². The molecule has 1 saturated heterocycles. The second-order valence-electron chi connectivity index (χ2n) is 5.19. The number of benzene rings is 1. The minimum absolute atomic E-state index is 0.0987. The molecule has 1 aromatic rings. The molecular formula is C14H15ClN4O4. The van der Waals surface area contributed by atoms with Crippen LogP contribution in [-0.2, 0) is 16.1 Å². The summed E-state index contributed by atoms with van der Waals surface area (Å²) in [6.07, 6.45) is -0.0987. The number of hydrogen-bond donors (Lipinski definition) is 3. The Morgan fingerprint density at radius 2 is 2.35 bits per heavy atom. The van der Waals surface area contributed by atoms with Gasteiger partial charge in [0.2, 0.25) is 17.8 Å². The number of hydrogen-bond acceptors (Lipinski definition) is 6. The molecule has 0 saturated carbocycles. The molecule has 9 heteroatoms. The molecule has 0 radical (unpaired) electrons. The fraction of sp³-hybridized carbons (Fsp3) is 0.357. The number of guanidine groups is 1. The molecule has 122 valence electrons. The molecular weight excluding hydrogens is 324 g/mol. The van der Waals surface area contributed by atoms with Gasteiger partial charge in [0.1, 0.15) is 18.4 Å². The first-order chi connectivity index (χ1) is 11.0. The van der Waals surface area contributed by atoms with Crippen molar-refractivity contribution in [1.29, 1.82) is 0 Å². The Morgan fingerprint density at radius 3 is 3.04 bits per heavy atom. The van der Waals surface area contributed by atoms with Crippen LogP contribution < -0.4 is 15.8 Å². The highest BCUT2D eigenvalue weighted by Gasteiger charge is 2.40. The molecule has 23 heavy (non-hydrogen) atoms. The van der Waals surface area contributed by atoms with Crippen LogP contribution in [0.15, 0.2) is 17.1 Å². The van der Waals surface area contributed by atoms with Crippen molar-refractivity contribution in [3.63, 3.8) is 0 Å². The maximum atomic E-state index is 12.0. The Bertz CT molecular complexity index is 706. The number of aliphatic imine (C=N–C) groups is 1. The number of aliphatic hydroxyl groups excluding tert-OH is 1. The van der Waals surface area contributed by atoms with Crippen molar-refractivity contribution >= 4 is 35.1 Å². The van der Waals surface area contributed by atoms with Gasteiger partial charge in [-0.25, -0.2) is 4.99 Å². The van der Waals surface area contributed by atoms with E-state index in [-0.39, 0.29) is 25.5 Å². The Morgan fingerprint density at radius 1 is 1.57 bits per heavy atom. The lowest BCUT2D eigenvalue weighted by atomic mass is 10.1. The molecule has 2 aliphatic heterocycles. The zero-order valence-electron chi connectivity index (χ0n) is 12.1. The molecule has 2 amide bonds. The van der Waals surface area contributed by atoms with Gasteiger partial charge in [0.15, 0.2) is 0 Å². The van der Waals surface area contributed by atoms with E-state index in [9.17, 15) is 9.59 Å². The van der Waals surface area contributed by atoms with Crippen LogP contribution in [0.3, 0.4) is 0 Å². The number of nitrogens with two attached hydrogens (primary N) is 1. The van der Waals surface area contributed by atoms with Gasteiger partial charge in [0.05, 0.1) is 30.3 Å². The van der Waals surface area contributed by atoms with Crippen molar-refractivity contribution in [2.24, 2.45) is 10.7 Å². The summed E-state index contributed by atoms with van der Waals surface area (Å²) in [5.41, 5.74) is 6.52. The lowest BCUT2D eigenvalue weighted by Crippen LogP contribution is -2.39. The molecule has 1 unspecified atom stereocenters. The van der Waals surface area contributed by atoms with E-state index in [0.29, 0.717) is 34.5 Å². The largest absolute Gasteiger partial charge is 0.490 e. The summed E-state index contributed by atoms with van der Waals surface area (Å²) in [7, 11) is 0. The van der Waals surface area contributed by atoms with Crippen molar-refractivity contribution in [2.75, 3.05) is 13.2 Å². The highest BCUT2D eigenvalue weighted by atomic mass is 35.5. The molecule has 1 aromatic carbocycles. The van der Waals surface area contributed by atoms with Crippen molar-refractivity contribution < 1.29 is 19.4 Å². The first-order valence-corrected chi connectivity index (χ1v) is 7.38. The molecule has 4 N–H and O–H groups in total. The molecule has 8 nitrogen and oxygen atoms in total. The van der Waals surface area contributed by atoms with Crippen LogP contribution in [0.5, 0.6) is 5.75 Å². The van der Waals surface area contributed by atoms with Crippen LogP contribution in [0.1, 0.15) is 12.0 Å². The summed E-state index contributed by atoms with van der Waals surface area (Å²) < 4.78 is 5.37. The summed E-state index contributed by atoms with van der Waals surface area (Å²) in [6.45, 7) is 0.308. The number of nitrogens with one attached hydrogen (secondary N) is 1. The van der Waals surface area contributed by atoms with E-state index in [1.54, 1.807) is 17.0 Å². The zero-order chi connectivity index (χ0) is 16.6. The number of aliphatic hydroxyl groups is 1. The molecule has 1 atom stereocenters. The van der Waals surface area contributed by atoms with E-state index in [1.165, 1.54) is 0 Å². The van der Waals surface area contributed by atoms with Crippen LogP contribution >= 0.6 is 11.6 Å². The van der Waals surface area contributed by atoms with Crippen molar-refractivity contribution in [1.82, 2.24) is 10.2 Å². The van der Waals surface area contributed by atoms with Gasteiger partial charge in [-0.2, -0.15) is 0 Å². The summed E-state index contributed by atoms with van der Waals surface area (Å²) in [5, 5.41) is 11.9. The normalized spacial score (nSPS) is 18.9. The van der Waals surface area contributed by atoms with Gasteiger partial charge in [-0.1, -0.05) is 11.6 Å². The number of halogens is 1. The SMILES string of the molecule is NC(=O)CC1C(=O)NC2=Nc3ccc(OCCO)c(Cl)c3CN21. The number of fused-ring (bicyclic) bond motifs is 2. The molecule has 2 aliphatic rings. The first kappa shape index (κ1) is 15.6. The Balaban J connectivity index is 1.93. The number of amides is 2. The summed E-state index contributed by atoms with van der Waals surface area (Å²) >= 11 is 6.34. The summed E-state index contributed by atoms with van der Waals surface area (Å²) in [6, 6.07) is 2.69. The molecule has 0 bridgehead atoms. The van der Waals surface area contributed by atoms with Crippen LogP contribution in [0.25, 0.3) is 0 Å². The third-order valence-corrected chi connectivity index (χ3v) is 4.08. The van der Waals surface area contributed by atoms with Gasteiger partial charge in [0, 0.05) is 5.56 Å². The number of nitrogens with zero attached hydrogens (tertiary/aromatic N) is 2. The fourth-order valence-corrected chi connectivity index (χ4v) is 2.90. The van der Waals surface area contributed by atoms with Crippen LogP contribution in [0.2, 0.25) is 5.02 Å². The maximum absolute atomic E-state index is 12.0. The van der Waals surface area contributed by atoms with Gasteiger partial charge >= 0.3 is 0 Å². The van der Waals surface area contributed by atoms with E-state index < -0.39 is 11.9 Å². The average molecular weight is 339 g/mol. The van der Waals surface area contributed by atoms with Crippen LogP contribution in [0, 0.1) is 0 Å². The quantitative estimate of drug-likeness (QED) is 0.692. The van der Waals surface area contributed by atoms with E-state index in [0.717, 1.165) is 0 Å². The van der Waals surface area contributed by atoms with E-state index in [2.05, 4.69) is 10.3 Å². The summed E-state index contributed by atoms with van der Waals surface area (Å²) in [5.74, 6) is -0.0662. The minimum Gasteiger partial charge on any atom is -0.490 e. The molecule has 3 rings (SSSR count). The summed E-state index contributed by atoms with van der Waals surface area (Å²) in [4.78, 5) is 29.2. The average Bonchev–Trinajstić information content (AvgIpc) is 2.80. The van der Waals surface area contributed by atoms with Gasteiger partial charge < -0.3 is 20.5 Å². The third kappa shape index (κ3) is 2.82. The van der Waals surface area contributed by atoms with Crippen LogP contribution in [-0.4, -0.2) is 47.0 Å². The van der Waals surface area contributed by atoms with Gasteiger partial charge in [-0.15, -0.1) is 0 Å².